The van der Waals surface area contributed by atoms with Gasteiger partial charge in [-0.15, -0.1) is 10.2 Å². The Morgan fingerprint density at radius 2 is 1.89 bits per heavy atom. The second kappa shape index (κ2) is 9.76. The molecule has 11 heteroatoms. The van der Waals surface area contributed by atoms with Crippen LogP contribution in [0, 0.1) is 11.7 Å². The van der Waals surface area contributed by atoms with Gasteiger partial charge in [0.25, 0.3) is 11.4 Å². The lowest BCUT2D eigenvalue weighted by Gasteiger charge is -2.20. The molecule has 1 aliphatic rings. The van der Waals surface area contributed by atoms with Crippen LogP contribution in [-0.2, 0) is 12.8 Å². The van der Waals surface area contributed by atoms with Crippen molar-refractivity contribution in [3.63, 3.8) is 0 Å². The molecule has 0 atom stereocenters. The number of nitrogens with zero attached hydrogens (tertiary/aromatic N) is 5. The summed E-state index contributed by atoms with van der Waals surface area (Å²) in [6, 6.07) is 7.97. The summed E-state index contributed by atoms with van der Waals surface area (Å²) in [6.45, 7) is 0. The molecule has 1 saturated carbocycles. The summed E-state index contributed by atoms with van der Waals surface area (Å²) >= 11 is 0. The molecular weight excluding hydrogens is 469 g/mol. The van der Waals surface area contributed by atoms with E-state index in [2.05, 4.69) is 20.2 Å². The predicted octanol–water partition coefficient (Wildman–Crippen LogP) is 3.47. The van der Waals surface area contributed by atoms with Crippen LogP contribution >= 0.6 is 0 Å². The Bertz CT molecular complexity index is 1420. The molecule has 1 fully saturated rings. The normalized spacial score (nSPS) is 13.1. The van der Waals surface area contributed by atoms with Gasteiger partial charge in [0.05, 0.1) is 26.8 Å². The number of aromatic hydroxyl groups is 1. The maximum atomic E-state index is 13.2. The van der Waals surface area contributed by atoms with E-state index in [1.54, 1.807) is 18.2 Å². The zero-order valence-corrected chi connectivity index (χ0v) is 19.8. The van der Waals surface area contributed by atoms with Crippen molar-refractivity contribution < 1.29 is 23.4 Å². The van der Waals surface area contributed by atoms with Gasteiger partial charge in [-0.25, -0.2) is 4.39 Å². The summed E-state index contributed by atoms with van der Waals surface area (Å²) in [5.74, 6) is 0.848. The number of aromatic nitrogens is 5. The lowest BCUT2D eigenvalue weighted by molar-refractivity contribution is 0.379. The zero-order valence-electron chi connectivity index (χ0n) is 19.8. The number of benzene rings is 1. The fourth-order valence-corrected chi connectivity index (χ4v) is 4.03. The first-order valence-corrected chi connectivity index (χ1v) is 11.5. The molecule has 0 radical (unpaired) electrons. The SMILES string of the molecule is COc1cccc(OC)c1-n1c(CCC2CC2)nc(=O)c(-c2nnc(Cc3ccc(F)cn3)o2)c1O. The van der Waals surface area contributed by atoms with Gasteiger partial charge in [0, 0.05) is 12.1 Å². The average molecular weight is 493 g/mol. The molecule has 3 heterocycles. The van der Waals surface area contributed by atoms with Gasteiger partial charge in [-0.3, -0.25) is 14.3 Å². The monoisotopic (exact) mass is 493 g/mol. The third kappa shape index (κ3) is 4.64. The van der Waals surface area contributed by atoms with Crippen LogP contribution in [0.1, 0.15) is 36.7 Å². The highest BCUT2D eigenvalue weighted by Crippen LogP contribution is 2.39. The van der Waals surface area contributed by atoms with Crippen molar-refractivity contribution >= 4 is 0 Å². The molecular formula is C25H24FN5O5. The van der Waals surface area contributed by atoms with Crippen LogP contribution in [0.25, 0.3) is 17.1 Å². The standard InChI is InChI=1S/C25H24FN5O5/c1-34-17-4-3-5-18(35-2)22(17)31-19(11-8-14-6-7-14)28-23(32)21(25(31)33)24-30-29-20(36-24)12-16-10-9-15(26)13-27-16/h3-5,9-10,13-14,33H,6-8,11-12H2,1-2H3. The van der Waals surface area contributed by atoms with E-state index in [9.17, 15) is 14.3 Å². The van der Waals surface area contributed by atoms with E-state index in [-0.39, 0.29) is 23.8 Å². The van der Waals surface area contributed by atoms with Gasteiger partial charge in [0.2, 0.25) is 11.8 Å². The number of methoxy groups -OCH3 is 2. The first kappa shape index (κ1) is 23.5. The van der Waals surface area contributed by atoms with Crippen molar-refractivity contribution in [1.29, 1.82) is 0 Å². The first-order chi connectivity index (χ1) is 17.5. The summed E-state index contributed by atoms with van der Waals surface area (Å²) in [5, 5.41) is 19.4. The van der Waals surface area contributed by atoms with Gasteiger partial charge in [-0.1, -0.05) is 18.9 Å². The molecule has 4 aromatic rings. The topological polar surface area (TPSA) is 125 Å². The Hall–Kier alpha value is -4.28. The number of rotatable bonds is 9. The minimum Gasteiger partial charge on any atom is -0.494 e. The fraction of sp³-hybridized carbons (Fsp3) is 0.320. The quantitative estimate of drug-likeness (QED) is 0.373. The average Bonchev–Trinajstić information content (AvgIpc) is 3.61. The van der Waals surface area contributed by atoms with Gasteiger partial charge >= 0.3 is 0 Å². The molecule has 0 amide bonds. The Morgan fingerprint density at radius 3 is 2.53 bits per heavy atom. The number of hydrogen-bond donors (Lipinski definition) is 1. The zero-order chi connectivity index (χ0) is 25.2. The summed E-state index contributed by atoms with van der Waals surface area (Å²) < 4.78 is 31.4. The van der Waals surface area contributed by atoms with Gasteiger partial charge < -0.3 is 19.0 Å². The van der Waals surface area contributed by atoms with E-state index in [4.69, 9.17) is 13.9 Å². The highest BCUT2D eigenvalue weighted by atomic mass is 19.1. The molecule has 1 aromatic carbocycles. The van der Waals surface area contributed by atoms with Crippen molar-refractivity contribution in [2.24, 2.45) is 5.92 Å². The molecule has 3 aromatic heterocycles. The van der Waals surface area contributed by atoms with Crippen LogP contribution in [0.4, 0.5) is 4.39 Å². The number of para-hydroxylation sites is 1. The molecule has 5 rings (SSSR count). The lowest BCUT2D eigenvalue weighted by atomic mass is 10.1. The van der Waals surface area contributed by atoms with Crippen LogP contribution < -0.4 is 15.0 Å². The van der Waals surface area contributed by atoms with Gasteiger partial charge in [-0.2, -0.15) is 4.98 Å². The van der Waals surface area contributed by atoms with E-state index in [0.29, 0.717) is 41.0 Å². The van der Waals surface area contributed by atoms with Crippen LogP contribution in [0.3, 0.4) is 0 Å². The van der Waals surface area contributed by atoms with Crippen molar-refractivity contribution in [3.05, 3.63) is 70.1 Å². The Labute approximate surface area is 205 Å². The van der Waals surface area contributed by atoms with Gasteiger partial charge in [0.15, 0.2) is 5.56 Å². The van der Waals surface area contributed by atoms with Crippen molar-refractivity contribution in [2.45, 2.75) is 32.1 Å². The van der Waals surface area contributed by atoms with Crippen molar-refractivity contribution in [2.75, 3.05) is 14.2 Å². The molecule has 0 saturated heterocycles. The predicted molar refractivity (Wildman–Crippen MR) is 126 cm³/mol. The van der Waals surface area contributed by atoms with Crippen LogP contribution in [0.15, 0.2) is 45.7 Å². The molecule has 36 heavy (non-hydrogen) atoms. The molecule has 1 N–H and O–H groups in total. The van der Waals surface area contributed by atoms with E-state index in [0.717, 1.165) is 25.5 Å². The molecule has 1 aliphatic carbocycles. The minimum atomic E-state index is -0.696. The van der Waals surface area contributed by atoms with E-state index < -0.39 is 17.3 Å². The minimum absolute atomic E-state index is 0.120. The smallest absolute Gasteiger partial charge is 0.289 e. The third-order valence-corrected chi connectivity index (χ3v) is 6.04. The summed E-state index contributed by atoms with van der Waals surface area (Å²) in [6.07, 6.45) is 4.79. The molecule has 186 valence electrons. The van der Waals surface area contributed by atoms with Crippen LogP contribution in [0.5, 0.6) is 17.4 Å². The highest BCUT2D eigenvalue weighted by molar-refractivity contribution is 5.65. The summed E-state index contributed by atoms with van der Waals surface area (Å²) in [5.41, 5.74) is -0.0437. The van der Waals surface area contributed by atoms with E-state index in [1.165, 1.54) is 30.9 Å². The molecule has 0 aliphatic heterocycles. The van der Waals surface area contributed by atoms with Crippen LogP contribution in [0.2, 0.25) is 0 Å². The largest absolute Gasteiger partial charge is 0.494 e. The first-order valence-electron chi connectivity index (χ1n) is 11.5. The fourth-order valence-electron chi connectivity index (χ4n) is 4.03. The Kier molecular flexibility index (Phi) is 6.36. The molecule has 10 nitrogen and oxygen atoms in total. The number of aryl methyl sites for hydroxylation is 1. The van der Waals surface area contributed by atoms with Crippen LogP contribution in [-0.4, -0.2) is 44.1 Å². The second-order valence-electron chi connectivity index (χ2n) is 8.51. The molecule has 0 bridgehead atoms. The lowest BCUT2D eigenvalue weighted by Crippen LogP contribution is -2.20. The number of ether oxygens (including phenoxy) is 2. The Balaban J connectivity index is 1.62. The van der Waals surface area contributed by atoms with E-state index in [1.807, 2.05) is 0 Å². The van der Waals surface area contributed by atoms with E-state index >= 15 is 0 Å². The molecule has 0 spiro atoms. The maximum Gasteiger partial charge on any atom is 0.289 e. The number of pyridine rings is 1. The summed E-state index contributed by atoms with van der Waals surface area (Å²) in [4.78, 5) is 21.4. The highest BCUT2D eigenvalue weighted by Gasteiger charge is 2.28. The maximum absolute atomic E-state index is 13.2. The summed E-state index contributed by atoms with van der Waals surface area (Å²) in [7, 11) is 3.01. The molecule has 0 unspecified atom stereocenters. The van der Waals surface area contributed by atoms with Crippen molar-refractivity contribution in [1.82, 2.24) is 24.7 Å². The third-order valence-electron chi connectivity index (χ3n) is 6.04. The Morgan fingerprint density at radius 1 is 1.14 bits per heavy atom. The second-order valence-corrected chi connectivity index (χ2v) is 8.51. The van der Waals surface area contributed by atoms with Crippen molar-refractivity contribution in [3.8, 4) is 34.5 Å². The number of hydrogen-bond acceptors (Lipinski definition) is 9. The van der Waals surface area contributed by atoms with Gasteiger partial charge in [0.1, 0.15) is 28.8 Å². The van der Waals surface area contributed by atoms with Gasteiger partial charge in [-0.05, 0) is 36.6 Å². The number of halogens is 1.